The van der Waals surface area contributed by atoms with Crippen LogP contribution in [0.25, 0.3) is 0 Å². The minimum atomic E-state index is 0.644. The van der Waals surface area contributed by atoms with Gasteiger partial charge in [0.15, 0.2) is 0 Å². The van der Waals surface area contributed by atoms with Crippen LogP contribution < -0.4 is 10.2 Å². The first-order valence-corrected chi connectivity index (χ1v) is 9.02. The van der Waals surface area contributed by atoms with Crippen molar-refractivity contribution in [3.8, 4) is 0 Å². The van der Waals surface area contributed by atoms with Crippen LogP contribution in [0.3, 0.4) is 0 Å². The highest BCUT2D eigenvalue weighted by atomic mass is 79.9. The summed E-state index contributed by atoms with van der Waals surface area (Å²) < 4.78 is 1.22. The Morgan fingerprint density at radius 2 is 2.10 bits per heavy atom. The Kier molecular flexibility index (Phi) is 6.12. The summed E-state index contributed by atoms with van der Waals surface area (Å²) >= 11 is 3.75. The van der Waals surface area contributed by atoms with E-state index in [4.69, 9.17) is 0 Å². The maximum absolute atomic E-state index is 3.75. The quantitative estimate of drug-likeness (QED) is 0.816. The van der Waals surface area contributed by atoms with Gasteiger partial charge in [-0.15, -0.1) is 0 Å². The van der Waals surface area contributed by atoms with E-state index >= 15 is 0 Å². The SMILES string of the molecule is CC(C)CNCc1ccc(N2CCC(C)CC2C)cc1Br. The summed E-state index contributed by atoms with van der Waals surface area (Å²) in [6.07, 6.45) is 2.61. The van der Waals surface area contributed by atoms with Crippen LogP contribution in [0.2, 0.25) is 0 Å². The standard InChI is InChI=1S/C18H29BrN2/c1-13(2)11-20-12-16-5-6-17(10-18(16)19)21-8-7-14(3)9-15(21)4/h5-6,10,13-15,20H,7-9,11-12H2,1-4H3. The Hall–Kier alpha value is -0.540. The van der Waals surface area contributed by atoms with E-state index in [2.05, 4.69) is 72.0 Å². The number of hydrogen-bond donors (Lipinski definition) is 1. The van der Waals surface area contributed by atoms with Crippen LogP contribution in [-0.2, 0) is 6.54 Å². The molecule has 3 heteroatoms. The Labute approximate surface area is 138 Å². The van der Waals surface area contributed by atoms with E-state index in [1.807, 2.05) is 0 Å². The van der Waals surface area contributed by atoms with E-state index < -0.39 is 0 Å². The molecule has 0 aromatic heterocycles. The Morgan fingerprint density at radius 3 is 2.71 bits per heavy atom. The van der Waals surface area contributed by atoms with Gasteiger partial charge in [-0.05, 0) is 55.8 Å². The van der Waals surface area contributed by atoms with Gasteiger partial charge in [-0.2, -0.15) is 0 Å². The zero-order chi connectivity index (χ0) is 15.4. The third-order valence-electron chi connectivity index (χ3n) is 4.37. The summed E-state index contributed by atoms with van der Waals surface area (Å²) in [4.78, 5) is 2.55. The van der Waals surface area contributed by atoms with E-state index in [0.717, 1.165) is 19.0 Å². The lowest BCUT2D eigenvalue weighted by Crippen LogP contribution is -2.40. The average molecular weight is 353 g/mol. The Morgan fingerprint density at radius 1 is 1.33 bits per heavy atom. The summed E-state index contributed by atoms with van der Waals surface area (Å²) in [6.45, 7) is 12.4. The highest BCUT2D eigenvalue weighted by molar-refractivity contribution is 9.10. The van der Waals surface area contributed by atoms with Gasteiger partial charge >= 0.3 is 0 Å². The van der Waals surface area contributed by atoms with Crippen LogP contribution in [-0.4, -0.2) is 19.1 Å². The number of benzene rings is 1. The highest BCUT2D eigenvalue weighted by Crippen LogP contribution is 2.30. The molecule has 1 heterocycles. The molecule has 118 valence electrons. The van der Waals surface area contributed by atoms with Gasteiger partial charge in [-0.3, -0.25) is 0 Å². The van der Waals surface area contributed by atoms with E-state index in [9.17, 15) is 0 Å². The van der Waals surface area contributed by atoms with Crippen molar-refractivity contribution in [2.24, 2.45) is 11.8 Å². The fourth-order valence-electron chi connectivity index (χ4n) is 3.14. The molecule has 1 aliphatic rings. The summed E-state index contributed by atoms with van der Waals surface area (Å²) in [6, 6.07) is 7.48. The molecule has 0 saturated carbocycles. The maximum atomic E-state index is 3.75. The molecule has 1 aromatic rings. The maximum Gasteiger partial charge on any atom is 0.0380 e. The number of piperidine rings is 1. The topological polar surface area (TPSA) is 15.3 Å². The molecule has 0 amide bonds. The zero-order valence-corrected chi connectivity index (χ0v) is 15.4. The molecule has 1 fully saturated rings. The normalized spacial score (nSPS) is 22.9. The van der Waals surface area contributed by atoms with Gasteiger partial charge in [-0.25, -0.2) is 0 Å². The molecule has 0 spiro atoms. The molecule has 1 N–H and O–H groups in total. The van der Waals surface area contributed by atoms with Crippen molar-refractivity contribution in [3.63, 3.8) is 0 Å². The van der Waals surface area contributed by atoms with E-state index in [0.29, 0.717) is 12.0 Å². The largest absolute Gasteiger partial charge is 0.369 e. The molecule has 2 rings (SSSR count). The third kappa shape index (κ3) is 4.72. The number of anilines is 1. The lowest BCUT2D eigenvalue weighted by Gasteiger charge is -2.38. The van der Waals surface area contributed by atoms with Crippen LogP contribution in [0.5, 0.6) is 0 Å². The first-order chi connectivity index (χ1) is 9.97. The lowest BCUT2D eigenvalue weighted by atomic mass is 9.93. The van der Waals surface area contributed by atoms with Crippen LogP contribution >= 0.6 is 15.9 Å². The lowest BCUT2D eigenvalue weighted by molar-refractivity contribution is 0.378. The van der Waals surface area contributed by atoms with Crippen molar-refractivity contribution in [3.05, 3.63) is 28.2 Å². The fourth-order valence-corrected chi connectivity index (χ4v) is 3.65. The van der Waals surface area contributed by atoms with Crippen molar-refractivity contribution < 1.29 is 0 Å². The number of rotatable bonds is 5. The first-order valence-electron chi connectivity index (χ1n) is 8.23. The van der Waals surface area contributed by atoms with Crippen molar-refractivity contribution in [1.29, 1.82) is 0 Å². The minimum Gasteiger partial charge on any atom is -0.369 e. The van der Waals surface area contributed by atoms with Gasteiger partial charge in [0.1, 0.15) is 0 Å². The van der Waals surface area contributed by atoms with Gasteiger partial charge < -0.3 is 10.2 Å². The van der Waals surface area contributed by atoms with Crippen molar-refractivity contribution in [2.75, 3.05) is 18.0 Å². The number of hydrogen-bond acceptors (Lipinski definition) is 2. The second-order valence-electron chi connectivity index (χ2n) is 6.97. The molecular formula is C18H29BrN2. The summed E-state index contributed by atoms with van der Waals surface area (Å²) in [7, 11) is 0. The first kappa shape index (κ1) is 16.8. The molecule has 1 aromatic carbocycles. The molecule has 21 heavy (non-hydrogen) atoms. The highest BCUT2D eigenvalue weighted by Gasteiger charge is 2.23. The Bertz CT molecular complexity index is 459. The monoisotopic (exact) mass is 352 g/mol. The van der Waals surface area contributed by atoms with Crippen LogP contribution in [0.4, 0.5) is 5.69 Å². The molecule has 2 atom stereocenters. The average Bonchev–Trinajstić information content (AvgIpc) is 2.40. The predicted octanol–water partition coefficient (Wildman–Crippen LogP) is 4.82. The van der Waals surface area contributed by atoms with Gasteiger partial charge in [0.2, 0.25) is 0 Å². The van der Waals surface area contributed by atoms with Crippen LogP contribution in [0.1, 0.15) is 46.1 Å². The molecule has 0 bridgehead atoms. The van der Waals surface area contributed by atoms with E-state index in [1.54, 1.807) is 0 Å². The number of nitrogens with one attached hydrogen (secondary N) is 1. The summed E-state index contributed by atoms with van der Waals surface area (Å²) in [5, 5.41) is 3.51. The van der Waals surface area contributed by atoms with Crippen molar-refractivity contribution in [2.45, 2.75) is 53.1 Å². The summed E-state index contributed by atoms with van der Waals surface area (Å²) in [5.74, 6) is 1.55. The Balaban J connectivity index is 2.01. The second-order valence-corrected chi connectivity index (χ2v) is 7.83. The van der Waals surface area contributed by atoms with Gasteiger partial charge in [0.25, 0.3) is 0 Å². The van der Waals surface area contributed by atoms with Crippen LogP contribution in [0, 0.1) is 11.8 Å². The molecule has 0 aliphatic carbocycles. The predicted molar refractivity (Wildman–Crippen MR) is 95.9 cm³/mol. The molecular weight excluding hydrogens is 324 g/mol. The summed E-state index contributed by atoms with van der Waals surface area (Å²) in [5.41, 5.74) is 2.70. The van der Waals surface area contributed by atoms with Crippen LogP contribution in [0.15, 0.2) is 22.7 Å². The third-order valence-corrected chi connectivity index (χ3v) is 5.11. The van der Waals surface area contributed by atoms with E-state index in [1.165, 1.54) is 35.1 Å². The smallest absolute Gasteiger partial charge is 0.0380 e. The number of nitrogens with zero attached hydrogens (tertiary/aromatic N) is 1. The van der Waals surface area contributed by atoms with E-state index in [-0.39, 0.29) is 0 Å². The molecule has 0 radical (unpaired) electrons. The molecule has 2 nitrogen and oxygen atoms in total. The van der Waals surface area contributed by atoms with Crippen molar-refractivity contribution in [1.82, 2.24) is 5.32 Å². The van der Waals surface area contributed by atoms with Crippen molar-refractivity contribution >= 4 is 21.6 Å². The fraction of sp³-hybridized carbons (Fsp3) is 0.667. The molecule has 1 aliphatic heterocycles. The zero-order valence-electron chi connectivity index (χ0n) is 13.8. The number of halogens is 1. The minimum absolute atomic E-state index is 0.644. The second kappa shape index (κ2) is 7.64. The molecule has 1 saturated heterocycles. The van der Waals surface area contributed by atoms with Gasteiger partial charge in [0.05, 0.1) is 0 Å². The van der Waals surface area contributed by atoms with Gasteiger partial charge in [0, 0.05) is 29.3 Å². The molecule has 2 unspecified atom stereocenters. The van der Waals surface area contributed by atoms with Gasteiger partial charge in [-0.1, -0.05) is 42.8 Å².